The van der Waals surface area contributed by atoms with Crippen molar-refractivity contribution in [1.29, 1.82) is 0 Å². The van der Waals surface area contributed by atoms with E-state index in [-0.39, 0.29) is 11.9 Å². The van der Waals surface area contributed by atoms with Gasteiger partial charge in [-0.05, 0) is 17.6 Å². The van der Waals surface area contributed by atoms with Crippen LogP contribution in [0.25, 0.3) is 6.08 Å². The Balaban J connectivity index is 2.94. The molecule has 0 spiro atoms. The second-order valence-electron chi connectivity index (χ2n) is 5.16. The van der Waals surface area contributed by atoms with Crippen LogP contribution >= 0.6 is 0 Å². The summed E-state index contributed by atoms with van der Waals surface area (Å²) in [5.41, 5.74) is 0.986. The monoisotopic (exact) mass is 290 g/mol. The van der Waals surface area contributed by atoms with E-state index in [2.05, 4.69) is 0 Å². The van der Waals surface area contributed by atoms with Crippen molar-refractivity contribution in [3.63, 3.8) is 0 Å². The molecule has 4 heteroatoms. The second kappa shape index (κ2) is 8.25. The van der Waals surface area contributed by atoms with Gasteiger partial charge in [0.15, 0.2) is 6.10 Å². The molecule has 0 heterocycles. The maximum atomic E-state index is 11.3. The second-order valence-corrected chi connectivity index (χ2v) is 5.16. The predicted octanol–water partition coefficient (Wildman–Crippen LogP) is 3.22. The van der Waals surface area contributed by atoms with Crippen molar-refractivity contribution in [2.75, 3.05) is 0 Å². The third kappa shape index (κ3) is 6.25. The molecular formula is C17H22O4. The van der Waals surface area contributed by atoms with Crippen LogP contribution in [0, 0.1) is 5.92 Å². The molecule has 0 saturated carbocycles. The molecule has 0 aliphatic rings. The molecule has 1 aromatic carbocycles. The van der Waals surface area contributed by atoms with Gasteiger partial charge in [0.1, 0.15) is 6.10 Å². The van der Waals surface area contributed by atoms with E-state index in [1.807, 2.05) is 50.3 Å². The van der Waals surface area contributed by atoms with E-state index in [0.717, 1.165) is 5.56 Å². The van der Waals surface area contributed by atoms with E-state index < -0.39 is 18.2 Å². The number of hydrogen-bond acceptors (Lipinski definition) is 4. The Kier molecular flexibility index (Phi) is 6.66. The first-order chi connectivity index (χ1) is 9.90. The van der Waals surface area contributed by atoms with Crippen LogP contribution in [0.4, 0.5) is 0 Å². The topological polar surface area (TPSA) is 52.6 Å². The molecule has 2 atom stereocenters. The minimum absolute atomic E-state index is 0.0265. The fourth-order valence-electron chi connectivity index (χ4n) is 1.95. The van der Waals surface area contributed by atoms with Crippen molar-refractivity contribution in [2.45, 2.75) is 39.9 Å². The molecule has 0 amide bonds. The number of ether oxygens (including phenoxy) is 2. The molecule has 21 heavy (non-hydrogen) atoms. The van der Waals surface area contributed by atoms with Gasteiger partial charge < -0.3 is 9.47 Å². The summed E-state index contributed by atoms with van der Waals surface area (Å²) in [6.45, 7) is 6.52. The highest BCUT2D eigenvalue weighted by Crippen LogP contribution is 2.17. The van der Waals surface area contributed by atoms with E-state index in [4.69, 9.17) is 9.47 Å². The standard InChI is InChI=1S/C17H22O4/c1-12(2)17(21-14(4)19)16(20-13(3)18)11-10-15-8-6-5-7-9-15/h5-12,16-17H,1-4H3/b11-10+/t16-,17-/m0/s1. The first kappa shape index (κ1) is 17.0. The lowest BCUT2D eigenvalue weighted by atomic mass is 10.00. The van der Waals surface area contributed by atoms with Crippen LogP contribution in [-0.2, 0) is 19.1 Å². The zero-order chi connectivity index (χ0) is 15.8. The number of rotatable bonds is 6. The van der Waals surface area contributed by atoms with E-state index in [1.54, 1.807) is 6.08 Å². The number of carbonyl (C=O) groups is 2. The number of benzene rings is 1. The fourth-order valence-corrected chi connectivity index (χ4v) is 1.95. The van der Waals surface area contributed by atoms with E-state index in [0.29, 0.717) is 0 Å². The third-order valence-electron chi connectivity index (χ3n) is 2.86. The maximum Gasteiger partial charge on any atom is 0.303 e. The van der Waals surface area contributed by atoms with Gasteiger partial charge in [0, 0.05) is 13.8 Å². The third-order valence-corrected chi connectivity index (χ3v) is 2.86. The number of esters is 2. The molecule has 1 aromatic rings. The van der Waals surface area contributed by atoms with Gasteiger partial charge >= 0.3 is 11.9 Å². The molecule has 0 bridgehead atoms. The summed E-state index contributed by atoms with van der Waals surface area (Å²) in [6.07, 6.45) is 2.49. The molecule has 0 unspecified atom stereocenters. The van der Waals surface area contributed by atoms with Crippen molar-refractivity contribution < 1.29 is 19.1 Å². The van der Waals surface area contributed by atoms with Crippen LogP contribution < -0.4 is 0 Å². The molecule has 1 rings (SSSR count). The Labute approximate surface area is 125 Å². The summed E-state index contributed by atoms with van der Waals surface area (Å²) in [5.74, 6) is -0.770. The van der Waals surface area contributed by atoms with Crippen LogP contribution in [0.15, 0.2) is 36.4 Å². The molecule has 0 radical (unpaired) electrons. The van der Waals surface area contributed by atoms with Crippen molar-refractivity contribution in [1.82, 2.24) is 0 Å². The number of carbonyl (C=O) groups excluding carboxylic acids is 2. The summed E-state index contributed by atoms with van der Waals surface area (Å²) < 4.78 is 10.6. The summed E-state index contributed by atoms with van der Waals surface area (Å²) in [6, 6.07) is 9.66. The summed E-state index contributed by atoms with van der Waals surface area (Å²) >= 11 is 0. The average Bonchev–Trinajstić information content (AvgIpc) is 2.41. The SMILES string of the molecule is CC(=O)O[C@@H](/C=C/c1ccccc1)[C@@H](OC(C)=O)C(C)C. The van der Waals surface area contributed by atoms with E-state index in [1.165, 1.54) is 13.8 Å². The smallest absolute Gasteiger partial charge is 0.303 e. The molecule has 4 nitrogen and oxygen atoms in total. The lowest BCUT2D eigenvalue weighted by Gasteiger charge is -2.27. The van der Waals surface area contributed by atoms with Gasteiger partial charge in [0.25, 0.3) is 0 Å². The molecule has 114 valence electrons. The molecule has 0 saturated heterocycles. The molecule has 0 aromatic heterocycles. The summed E-state index contributed by atoms with van der Waals surface area (Å²) in [7, 11) is 0. The first-order valence-corrected chi connectivity index (χ1v) is 6.98. The van der Waals surface area contributed by atoms with Crippen LogP contribution in [-0.4, -0.2) is 24.1 Å². The Morgan fingerprint density at radius 2 is 1.57 bits per heavy atom. The molecule has 0 aliphatic heterocycles. The summed E-state index contributed by atoms with van der Waals surface area (Å²) in [4.78, 5) is 22.5. The first-order valence-electron chi connectivity index (χ1n) is 6.98. The van der Waals surface area contributed by atoms with Crippen LogP contribution in [0.2, 0.25) is 0 Å². The van der Waals surface area contributed by atoms with Crippen molar-refractivity contribution in [3.05, 3.63) is 42.0 Å². The highest BCUT2D eigenvalue weighted by Gasteiger charge is 2.28. The molecule has 0 N–H and O–H groups in total. The molecular weight excluding hydrogens is 268 g/mol. The highest BCUT2D eigenvalue weighted by atomic mass is 16.6. The zero-order valence-corrected chi connectivity index (χ0v) is 12.9. The van der Waals surface area contributed by atoms with Crippen molar-refractivity contribution >= 4 is 18.0 Å². The lowest BCUT2D eigenvalue weighted by molar-refractivity contribution is -0.164. The average molecular weight is 290 g/mol. The minimum atomic E-state index is -0.605. The van der Waals surface area contributed by atoms with Crippen molar-refractivity contribution in [2.24, 2.45) is 5.92 Å². The van der Waals surface area contributed by atoms with Gasteiger partial charge in [-0.1, -0.05) is 50.3 Å². The van der Waals surface area contributed by atoms with E-state index >= 15 is 0 Å². The Morgan fingerprint density at radius 1 is 1.00 bits per heavy atom. The van der Waals surface area contributed by atoms with Crippen LogP contribution in [0.1, 0.15) is 33.3 Å². The van der Waals surface area contributed by atoms with E-state index in [9.17, 15) is 9.59 Å². The minimum Gasteiger partial charge on any atom is -0.458 e. The van der Waals surface area contributed by atoms with Crippen LogP contribution in [0.3, 0.4) is 0 Å². The molecule has 0 aliphatic carbocycles. The Morgan fingerprint density at radius 3 is 2.05 bits per heavy atom. The van der Waals surface area contributed by atoms with Crippen LogP contribution in [0.5, 0.6) is 0 Å². The quantitative estimate of drug-likeness (QED) is 0.755. The Hall–Kier alpha value is -2.10. The lowest BCUT2D eigenvalue weighted by Crippen LogP contribution is -2.37. The van der Waals surface area contributed by atoms with Gasteiger partial charge in [0.2, 0.25) is 0 Å². The van der Waals surface area contributed by atoms with Gasteiger partial charge in [0.05, 0.1) is 0 Å². The zero-order valence-electron chi connectivity index (χ0n) is 12.9. The van der Waals surface area contributed by atoms with Gasteiger partial charge in [-0.15, -0.1) is 0 Å². The fraction of sp³-hybridized carbons (Fsp3) is 0.412. The maximum absolute atomic E-state index is 11.3. The summed E-state index contributed by atoms with van der Waals surface area (Å²) in [5, 5.41) is 0. The van der Waals surface area contributed by atoms with Crippen molar-refractivity contribution in [3.8, 4) is 0 Å². The highest BCUT2D eigenvalue weighted by molar-refractivity contribution is 5.68. The van der Waals surface area contributed by atoms with Gasteiger partial charge in [-0.3, -0.25) is 9.59 Å². The largest absolute Gasteiger partial charge is 0.458 e. The molecule has 0 fully saturated rings. The van der Waals surface area contributed by atoms with Gasteiger partial charge in [-0.25, -0.2) is 0 Å². The normalized spacial score (nSPS) is 14.0. The number of hydrogen-bond donors (Lipinski definition) is 0. The van der Waals surface area contributed by atoms with Gasteiger partial charge in [-0.2, -0.15) is 0 Å². The Bertz CT molecular complexity index is 491. The predicted molar refractivity (Wildman–Crippen MR) is 81.4 cm³/mol.